The van der Waals surface area contributed by atoms with Crippen molar-refractivity contribution >= 4 is 23.2 Å². The maximum absolute atomic E-state index is 6.12. The van der Waals surface area contributed by atoms with Gasteiger partial charge in [-0.05, 0) is 38.8 Å². The molecule has 0 bridgehead atoms. The Bertz CT molecular complexity index is 480. The van der Waals surface area contributed by atoms with E-state index in [9.17, 15) is 0 Å². The molecule has 2 rings (SSSR count). The normalized spacial score (nSPS) is 14.7. The van der Waals surface area contributed by atoms with Gasteiger partial charge in [0.05, 0.1) is 0 Å². The van der Waals surface area contributed by atoms with E-state index in [0.29, 0.717) is 10.8 Å². The third-order valence-electron chi connectivity index (χ3n) is 2.71. The number of halogens is 2. The Morgan fingerprint density at radius 1 is 1.24 bits per heavy atom. The topological polar surface area (TPSA) is 22.1 Å². The van der Waals surface area contributed by atoms with E-state index in [1.165, 1.54) is 0 Å². The third kappa shape index (κ3) is 2.64. The first-order chi connectivity index (χ1) is 8.09. The highest BCUT2D eigenvalue weighted by atomic mass is 35.5. The molecule has 1 heterocycles. The number of hydrogen-bond acceptors (Lipinski definition) is 2. The number of pyridine rings is 1. The van der Waals surface area contributed by atoms with Gasteiger partial charge in [-0.3, -0.25) is 0 Å². The molecule has 0 radical (unpaired) electrons. The SMILES string of the molecule is Cc1nc(Cl)c(Cl)c(OC2=CCCC=C2)c1C. The van der Waals surface area contributed by atoms with E-state index >= 15 is 0 Å². The zero-order valence-corrected chi connectivity index (χ0v) is 11.3. The molecule has 0 saturated heterocycles. The third-order valence-corrected chi connectivity index (χ3v) is 3.43. The smallest absolute Gasteiger partial charge is 0.153 e. The molecule has 0 spiro atoms. The minimum Gasteiger partial charge on any atom is -0.456 e. The molecular formula is C13H13Cl2NO. The summed E-state index contributed by atoms with van der Waals surface area (Å²) in [6, 6.07) is 0. The second kappa shape index (κ2) is 5.11. The van der Waals surface area contributed by atoms with Crippen molar-refractivity contribution in [3.63, 3.8) is 0 Å². The van der Waals surface area contributed by atoms with Gasteiger partial charge < -0.3 is 4.74 Å². The molecule has 4 heteroatoms. The molecule has 1 aliphatic carbocycles. The molecule has 90 valence electrons. The highest BCUT2D eigenvalue weighted by Gasteiger charge is 2.15. The Hall–Kier alpha value is -0.990. The van der Waals surface area contributed by atoms with E-state index in [-0.39, 0.29) is 5.15 Å². The van der Waals surface area contributed by atoms with Crippen molar-refractivity contribution in [1.29, 1.82) is 0 Å². The summed E-state index contributed by atoms with van der Waals surface area (Å²) < 4.78 is 5.80. The van der Waals surface area contributed by atoms with E-state index in [4.69, 9.17) is 27.9 Å². The number of aromatic nitrogens is 1. The van der Waals surface area contributed by atoms with Crippen LogP contribution in [-0.4, -0.2) is 4.98 Å². The molecule has 1 aromatic rings. The molecule has 0 atom stereocenters. The predicted octanol–water partition coefficient (Wildman–Crippen LogP) is 4.62. The van der Waals surface area contributed by atoms with Crippen LogP contribution in [0, 0.1) is 13.8 Å². The van der Waals surface area contributed by atoms with Gasteiger partial charge in [0.1, 0.15) is 10.8 Å². The highest BCUT2D eigenvalue weighted by Crippen LogP contribution is 2.36. The largest absolute Gasteiger partial charge is 0.456 e. The minimum absolute atomic E-state index is 0.283. The molecule has 0 aromatic carbocycles. The summed E-state index contributed by atoms with van der Waals surface area (Å²) in [6.07, 6.45) is 8.10. The van der Waals surface area contributed by atoms with Crippen LogP contribution in [0.4, 0.5) is 0 Å². The van der Waals surface area contributed by atoms with Crippen LogP contribution in [0.1, 0.15) is 24.1 Å². The summed E-state index contributed by atoms with van der Waals surface area (Å²) in [6.45, 7) is 3.81. The van der Waals surface area contributed by atoms with Gasteiger partial charge >= 0.3 is 0 Å². The second-order valence-corrected chi connectivity index (χ2v) is 4.68. The van der Waals surface area contributed by atoms with Gasteiger partial charge in [-0.1, -0.05) is 29.3 Å². The molecule has 17 heavy (non-hydrogen) atoms. The maximum atomic E-state index is 6.12. The summed E-state index contributed by atoms with van der Waals surface area (Å²) in [5.74, 6) is 1.41. The van der Waals surface area contributed by atoms with E-state index in [1.807, 2.05) is 26.0 Å². The Morgan fingerprint density at radius 3 is 2.65 bits per heavy atom. The molecule has 0 unspecified atom stereocenters. The summed E-state index contributed by atoms with van der Waals surface area (Å²) in [5.41, 5.74) is 1.74. The Balaban J connectivity index is 2.38. The first-order valence-electron chi connectivity index (χ1n) is 5.46. The standard InChI is InChI=1S/C13H13Cl2NO/c1-8-9(2)16-13(15)11(14)12(8)17-10-6-4-3-5-7-10/h4,6-7H,3,5H2,1-2H3. The molecule has 0 fully saturated rings. The van der Waals surface area contributed by atoms with Crippen molar-refractivity contribution in [3.8, 4) is 5.75 Å². The summed E-state index contributed by atoms with van der Waals surface area (Å²) in [4.78, 5) is 4.14. The van der Waals surface area contributed by atoms with Gasteiger partial charge in [0.25, 0.3) is 0 Å². The molecule has 0 N–H and O–H groups in total. The number of allylic oxidation sites excluding steroid dienone is 3. The Morgan fingerprint density at radius 2 is 2.00 bits per heavy atom. The van der Waals surface area contributed by atoms with Gasteiger partial charge in [-0.25, -0.2) is 4.98 Å². The average molecular weight is 270 g/mol. The molecular weight excluding hydrogens is 257 g/mol. The van der Waals surface area contributed by atoms with Gasteiger partial charge in [-0.2, -0.15) is 0 Å². The van der Waals surface area contributed by atoms with Crippen molar-refractivity contribution in [3.05, 3.63) is 45.4 Å². The van der Waals surface area contributed by atoms with Gasteiger partial charge in [-0.15, -0.1) is 0 Å². The van der Waals surface area contributed by atoms with Gasteiger partial charge in [0, 0.05) is 11.3 Å². The van der Waals surface area contributed by atoms with Crippen LogP contribution >= 0.6 is 23.2 Å². The number of nitrogens with zero attached hydrogens (tertiary/aromatic N) is 1. The zero-order chi connectivity index (χ0) is 12.4. The minimum atomic E-state index is 0.283. The second-order valence-electron chi connectivity index (χ2n) is 3.94. The summed E-state index contributed by atoms with van der Waals surface area (Å²) >= 11 is 12.1. The number of rotatable bonds is 2. The molecule has 1 aliphatic rings. The highest BCUT2D eigenvalue weighted by molar-refractivity contribution is 6.42. The lowest BCUT2D eigenvalue weighted by molar-refractivity contribution is 0.435. The van der Waals surface area contributed by atoms with Gasteiger partial charge in [0.2, 0.25) is 0 Å². The lowest BCUT2D eigenvalue weighted by Crippen LogP contribution is -2.00. The fraction of sp³-hybridized carbons (Fsp3) is 0.308. The van der Waals surface area contributed by atoms with Crippen LogP contribution in [0.2, 0.25) is 10.2 Å². The van der Waals surface area contributed by atoms with Crippen molar-refractivity contribution in [1.82, 2.24) is 4.98 Å². The molecule has 2 nitrogen and oxygen atoms in total. The van der Waals surface area contributed by atoms with Crippen LogP contribution in [0.5, 0.6) is 5.75 Å². The summed E-state index contributed by atoms with van der Waals surface area (Å²) in [7, 11) is 0. The monoisotopic (exact) mass is 269 g/mol. The quantitative estimate of drug-likeness (QED) is 0.731. The Kier molecular flexibility index (Phi) is 3.75. The number of aryl methyl sites for hydroxylation is 1. The molecule has 0 amide bonds. The predicted molar refractivity (Wildman–Crippen MR) is 70.8 cm³/mol. The average Bonchev–Trinajstić information content (AvgIpc) is 2.33. The zero-order valence-electron chi connectivity index (χ0n) is 9.76. The molecule has 1 aromatic heterocycles. The number of hydrogen-bond donors (Lipinski definition) is 0. The number of ether oxygens (including phenoxy) is 1. The van der Waals surface area contributed by atoms with E-state index in [1.54, 1.807) is 0 Å². The van der Waals surface area contributed by atoms with Crippen molar-refractivity contribution in [2.75, 3.05) is 0 Å². The lowest BCUT2D eigenvalue weighted by Gasteiger charge is -2.15. The van der Waals surface area contributed by atoms with Crippen molar-refractivity contribution in [2.45, 2.75) is 26.7 Å². The van der Waals surface area contributed by atoms with Gasteiger partial charge in [0.15, 0.2) is 10.9 Å². The fourth-order valence-corrected chi connectivity index (χ4v) is 2.04. The molecule has 0 aliphatic heterocycles. The first-order valence-corrected chi connectivity index (χ1v) is 6.22. The van der Waals surface area contributed by atoms with Crippen LogP contribution < -0.4 is 4.74 Å². The maximum Gasteiger partial charge on any atom is 0.153 e. The van der Waals surface area contributed by atoms with Crippen LogP contribution in [-0.2, 0) is 0 Å². The van der Waals surface area contributed by atoms with Crippen LogP contribution in [0.3, 0.4) is 0 Å². The van der Waals surface area contributed by atoms with E-state index in [2.05, 4.69) is 11.1 Å². The van der Waals surface area contributed by atoms with Crippen LogP contribution in [0.15, 0.2) is 24.0 Å². The van der Waals surface area contributed by atoms with Crippen LogP contribution in [0.25, 0.3) is 0 Å². The van der Waals surface area contributed by atoms with E-state index < -0.39 is 0 Å². The molecule has 0 saturated carbocycles. The Labute approximate surface area is 111 Å². The van der Waals surface area contributed by atoms with Crippen molar-refractivity contribution in [2.24, 2.45) is 0 Å². The van der Waals surface area contributed by atoms with Crippen molar-refractivity contribution < 1.29 is 4.74 Å². The lowest BCUT2D eigenvalue weighted by atomic mass is 10.1. The first kappa shape index (κ1) is 12.5. The summed E-state index contributed by atoms with van der Waals surface area (Å²) in [5, 5.41) is 0.653. The van der Waals surface area contributed by atoms with E-state index in [0.717, 1.165) is 29.9 Å². The fourth-order valence-electron chi connectivity index (χ4n) is 1.61.